The van der Waals surface area contributed by atoms with Gasteiger partial charge in [-0.05, 0) is 73.4 Å². The number of hydrogen-bond donors (Lipinski definition) is 2. The number of allylic oxidation sites excluding steroid dienone is 6. The molecule has 0 spiro atoms. The van der Waals surface area contributed by atoms with Crippen molar-refractivity contribution < 1.29 is 19.2 Å². The smallest absolute Gasteiger partial charge is 0.184 e. The molecule has 0 saturated heterocycles. The lowest BCUT2D eigenvalue weighted by molar-refractivity contribution is -0.116. The van der Waals surface area contributed by atoms with E-state index >= 15 is 0 Å². The van der Waals surface area contributed by atoms with Gasteiger partial charge in [0.2, 0.25) is 0 Å². The van der Waals surface area contributed by atoms with Gasteiger partial charge in [-0.1, -0.05) is 61.7 Å². The predicted octanol–water partition coefficient (Wildman–Crippen LogP) is 4.07. The maximum Gasteiger partial charge on any atom is 0.184 e. The van der Waals surface area contributed by atoms with Gasteiger partial charge in [0.1, 0.15) is 16.7 Å². The number of hydrogen-bond acceptors (Lipinski definition) is 7. The zero-order valence-electron chi connectivity index (χ0n) is 23.3. The average molecular weight is 562 g/mol. The van der Waals surface area contributed by atoms with Gasteiger partial charge in [-0.2, -0.15) is 0 Å². The number of aromatic amines is 2. The highest BCUT2D eigenvalue weighted by Gasteiger charge is 2.45. The second-order valence-electron chi connectivity index (χ2n) is 10.3. The van der Waals surface area contributed by atoms with Crippen LogP contribution in [0, 0.1) is 0 Å². The summed E-state index contributed by atoms with van der Waals surface area (Å²) in [6.45, 7) is 2.04. The third-order valence-corrected chi connectivity index (χ3v) is 7.48. The predicted molar refractivity (Wildman–Crippen MR) is 157 cm³/mol. The molecule has 2 N–H and O–H groups in total. The number of aromatic nitrogens is 4. The van der Waals surface area contributed by atoms with Crippen molar-refractivity contribution in [1.82, 2.24) is 20.4 Å². The van der Waals surface area contributed by atoms with Crippen LogP contribution in [0.1, 0.15) is 43.7 Å². The summed E-state index contributed by atoms with van der Waals surface area (Å²) in [5.41, 5.74) is 1.91. The molecular formula is C33H31N5O4. The number of nitrogens with one attached hydrogen (secondary N) is 2. The molecule has 0 atom stereocenters. The average Bonchev–Trinajstić information content (AvgIpc) is 3.54. The second-order valence-corrected chi connectivity index (χ2v) is 10.3. The van der Waals surface area contributed by atoms with Crippen molar-refractivity contribution in [1.29, 1.82) is 0 Å². The first-order chi connectivity index (χ1) is 20.4. The van der Waals surface area contributed by atoms with E-state index in [1.807, 2.05) is 49.4 Å². The van der Waals surface area contributed by atoms with Crippen molar-refractivity contribution in [2.45, 2.75) is 51.0 Å². The Kier molecular flexibility index (Phi) is 8.57. The van der Waals surface area contributed by atoms with Crippen LogP contribution in [0.4, 0.5) is 0 Å². The van der Waals surface area contributed by atoms with Gasteiger partial charge >= 0.3 is 0 Å². The molecule has 42 heavy (non-hydrogen) atoms. The first-order valence-electron chi connectivity index (χ1n) is 14.1. The molecule has 0 aliphatic heterocycles. The molecule has 2 aromatic heterocycles. The summed E-state index contributed by atoms with van der Waals surface area (Å²) < 4.78 is 0. The number of rotatable bonds is 11. The van der Waals surface area contributed by atoms with E-state index in [0.29, 0.717) is 36.0 Å². The first-order valence-corrected chi connectivity index (χ1v) is 14.1. The summed E-state index contributed by atoms with van der Waals surface area (Å²) in [6, 6.07) is 13.7. The number of H-pyrrole nitrogens is 2. The molecule has 0 bridgehead atoms. The van der Waals surface area contributed by atoms with E-state index in [0.717, 1.165) is 24.1 Å². The van der Waals surface area contributed by atoms with Gasteiger partial charge in [0.25, 0.3) is 0 Å². The molecule has 2 aliphatic carbocycles. The Bertz CT molecular complexity index is 1650. The maximum absolute atomic E-state index is 13.4. The van der Waals surface area contributed by atoms with Gasteiger partial charge in [0.05, 0.1) is 5.69 Å². The van der Waals surface area contributed by atoms with Gasteiger partial charge in [-0.15, -0.1) is 5.10 Å². The van der Waals surface area contributed by atoms with Gasteiger partial charge in [0, 0.05) is 22.9 Å². The number of nitrogens with zero attached hydrogens (tertiary/aromatic N) is 3. The quantitative estimate of drug-likeness (QED) is 0.267. The van der Waals surface area contributed by atoms with E-state index in [1.54, 1.807) is 6.20 Å². The minimum absolute atomic E-state index is 0.0504. The lowest BCUT2D eigenvalue weighted by Gasteiger charge is -2.34. The van der Waals surface area contributed by atoms with Crippen molar-refractivity contribution in [3.8, 4) is 11.4 Å². The summed E-state index contributed by atoms with van der Waals surface area (Å²) in [5.74, 6) is -1.66. The Balaban J connectivity index is 1.79. The molecule has 0 unspecified atom stereocenters. The van der Waals surface area contributed by atoms with E-state index < -0.39 is 28.7 Å². The van der Waals surface area contributed by atoms with Crippen LogP contribution in [0.15, 0.2) is 101 Å². The highest BCUT2D eigenvalue weighted by atomic mass is 16.1. The van der Waals surface area contributed by atoms with Gasteiger partial charge in [-0.3, -0.25) is 24.2 Å². The fraction of sp³-hybridized carbons (Fsp3) is 0.242. The molecule has 9 nitrogen and oxygen atoms in total. The lowest BCUT2D eigenvalue weighted by atomic mass is 9.72. The van der Waals surface area contributed by atoms with Crippen LogP contribution in [0.2, 0.25) is 0 Å². The van der Waals surface area contributed by atoms with E-state index in [1.165, 1.54) is 36.5 Å². The molecule has 9 heteroatoms. The van der Waals surface area contributed by atoms with Crippen LogP contribution in [0.5, 0.6) is 0 Å². The number of ketones is 4. The van der Waals surface area contributed by atoms with E-state index in [-0.39, 0.29) is 17.6 Å². The third-order valence-electron chi connectivity index (χ3n) is 7.48. The molecule has 1 aromatic carbocycles. The summed E-state index contributed by atoms with van der Waals surface area (Å²) in [7, 11) is 0. The lowest BCUT2D eigenvalue weighted by Crippen LogP contribution is -2.43. The largest absolute Gasteiger partial charge is 0.360 e. The van der Waals surface area contributed by atoms with Gasteiger partial charge < -0.3 is 4.98 Å². The number of unbranched alkanes of at least 4 members (excludes halogenated alkanes) is 2. The van der Waals surface area contributed by atoms with Crippen molar-refractivity contribution in [2.75, 3.05) is 0 Å². The molecule has 2 aliphatic rings. The molecule has 0 fully saturated rings. The Morgan fingerprint density at radius 2 is 1.50 bits per heavy atom. The summed E-state index contributed by atoms with van der Waals surface area (Å²) >= 11 is 0. The van der Waals surface area contributed by atoms with E-state index in [2.05, 4.69) is 20.4 Å². The van der Waals surface area contributed by atoms with Crippen LogP contribution in [0.3, 0.4) is 0 Å². The van der Waals surface area contributed by atoms with Crippen LogP contribution >= 0.6 is 0 Å². The number of aryl methyl sites for hydroxylation is 1. The Labute approximate surface area is 242 Å². The Morgan fingerprint density at radius 3 is 2.12 bits per heavy atom. The zero-order chi connectivity index (χ0) is 29.5. The molecular weight excluding hydrogens is 530 g/mol. The highest BCUT2D eigenvalue weighted by molar-refractivity contribution is 6.23. The molecule has 0 saturated carbocycles. The molecule has 2 heterocycles. The van der Waals surface area contributed by atoms with Crippen molar-refractivity contribution in [3.63, 3.8) is 0 Å². The Hall–Kier alpha value is -5.05. The summed E-state index contributed by atoms with van der Waals surface area (Å²) in [6.07, 6.45) is 12.7. The van der Waals surface area contributed by atoms with Crippen molar-refractivity contribution >= 4 is 23.1 Å². The number of benzene rings is 1. The molecule has 5 rings (SSSR count). The first kappa shape index (κ1) is 28.5. The molecule has 0 amide bonds. The van der Waals surface area contributed by atoms with Crippen molar-refractivity contribution in [3.05, 3.63) is 113 Å². The summed E-state index contributed by atoms with van der Waals surface area (Å²) in [4.78, 5) is 60.5. The molecule has 0 radical (unpaired) electrons. The monoisotopic (exact) mass is 561 g/mol. The molecule has 212 valence electrons. The summed E-state index contributed by atoms with van der Waals surface area (Å²) in [5, 5.41) is 11.5. The van der Waals surface area contributed by atoms with Crippen LogP contribution < -0.4 is 5.49 Å². The maximum atomic E-state index is 13.4. The normalized spacial score (nSPS) is 15.8. The van der Waals surface area contributed by atoms with Gasteiger partial charge in [0.15, 0.2) is 23.1 Å². The standard InChI is InChI=1S/C33H31N5O4/c1-2-3-7-18-33(26-20-23(39)13-16-29(26)41,27-21-24(40)14-17-30(27)42)35-32-25(15-12-22-9-5-4-6-10-22)31(36-38-37-32)28-11-8-19-34-28/h4-6,8-11,13-14,16-17,19-21,34H,2-3,7,12,15,18H2,1H3,(H,35,36,37). The van der Waals surface area contributed by atoms with Crippen LogP contribution in [-0.4, -0.2) is 49.1 Å². The number of carbonyl (C=O) groups is 4. The SMILES string of the molecule is CCCCCC(N=c1[nH]nnc(-c2ccc[nH]2)c1CCc1ccccc1)(C1=CC(=O)C=CC1=O)C1=CC(=O)C=CC1=O. The van der Waals surface area contributed by atoms with E-state index in [4.69, 9.17) is 4.99 Å². The zero-order valence-corrected chi connectivity index (χ0v) is 23.3. The Morgan fingerprint density at radius 1 is 0.810 bits per heavy atom. The number of carbonyl (C=O) groups excluding carboxylic acids is 4. The fourth-order valence-corrected chi connectivity index (χ4v) is 5.38. The van der Waals surface area contributed by atoms with E-state index in [9.17, 15) is 19.2 Å². The minimum atomic E-state index is -1.61. The second kappa shape index (κ2) is 12.6. The highest BCUT2D eigenvalue weighted by Crippen LogP contribution is 2.39. The van der Waals surface area contributed by atoms with Crippen LogP contribution in [0.25, 0.3) is 11.4 Å². The van der Waals surface area contributed by atoms with Crippen molar-refractivity contribution in [2.24, 2.45) is 4.99 Å². The fourth-order valence-electron chi connectivity index (χ4n) is 5.38. The van der Waals surface area contributed by atoms with Gasteiger partial charge in [-0.25, -0.2) is 5.10 Å². The minimum Gasteiger partial charge on any atom is -0.360 e. The third kappa shape index (κ3) is 6.00. The topological polar surface area (TPSA) is 138 Å². The molecule has 3 aromatic rings. The van der Waals surface area contributed by atoms with Crippen LogP contribution in [-0.2, 0) is 32.0 Å².